The van der Waals surface area contributed by atoms with Gasteiger partial charge in [-0.2, -0.15) is 0 Å². The van der Waals surface area contributed by atoms with E-state index in [0.717, 1.165) is 59.3 Å². The number of anilines is 1. The molecular weight excluding hydrogens is 346 g/mol. The first-order chi connectivity index (χ1) is 13.6. The maximum atomic E-state index is 6.27. The van der Waals surface area contributed by atoms with E-state index in [9.17, 15) is 0 Å². The van der Waals surface area contributed by atoms with Crippen LogP contribution in [0.3, 0.4) is 0 Å². The van der Waals surface area contributed by atoms with Crippen molar-refractivity contribution >= 4 is 27.8 Å². The summed E-state index contributed by atoms with van der Waals surface area (Å²) >= 11 is 0. The van der Waals surface area contributed by atoms with Crippen LogP contribution in [-0.2, 0) is 6.54 Å². The van der Waals surface area contributed by atoms with Gasteiger partial charge >= 0.3 is 0 Å². The highest BCUT2D eigenvalue weighted by atomic mass is 15.2. The second-order valence-electron chi connectivity index (χ2n) is 7.60. The Morgan fingerprint density at radius 1 is 1.14 bits per heavy atom. The third kappa shape index (κ3) is 2.80. The van der Waals surface area contributed by atoms with Crippen LogP contribution in [-0.4, -0.2) is 26.4 Å². The van der Waals surface area contributed by atoms with Gasteiger partial charge in [0.05, 0.1) is 12.1 Å². The molecule has 3 N–H and O–H groups in total. The topological polar surface area (TPSA) is 70.8 Å². The number of likely N-dealkylation sites (tertiary alicyclic amines) is 1. The Bertz CT molecular complexity index is 1220. The van der Waals surface area contributed by atoms with Gasteiger partial charge in [0.1, 0.15) is 22.7 Å². The summed E-state index contributed by atoms with van der Waals surface area (Å²) in [6.07, 6.45) is 2.22. The number of pyridine rings is 1. The van der Waals surface area contributed by atoms with Crippen LogP contribution in [0.5, 0.6) is 0 Å². The fourth-order valence-corrected chi connectivity index (χ4v) is 4.05. The third-order valence-electron chi connectivity index (χ3n) is 5.54. The second kappa shape index (κ2) is 6.37. The number of hydrogen-bond acceptors (Lipinski definition) is 4. The Hall–Kier alpha value is -3.34. The average Bonchev–Trinajstić information content (AvgIpc) is 3.29. The molecule has 28 heavy (non-hydrogen) atoms. The number of hydrogen-bond donors (Lipinski definition) is 2. The minimum atomic E-state index is 0.489. The Kier molecular flexibility index (Phi) is 3.83. The van der Waals surface area contributed by atoms with E-state index < -0.39 is 0 Å². The van der Waals surface area contributed by atoms with Gasteiger partial charge in [0.25, 0.3) is 0 Å². The molecule has 1 fully saturated rings. The molecule has 140 valence electrons. The molecule has 4 aromatic rings. The Morgan fingerprint density at radius 3 is 2.79 bits per heavy atom. The first kappa shape index (κ1) is 16.8. The summed E-state index contributed by atoms with van der Waals surface area (Å²) in [6, 6.07) is 14.8. The van der Waals surface area contributed by atoms with Crippen molar-refractivity contribution in [1.82, 2.24) is 19.9 Å². The van der Waals surface area contributed by atoms with Crippen molar-refractivity contribution < 1.29 is 0 Å². The molecule has 0 spiro atoms. The van der Waals surface area contributed by atoms with Crippen molar-refractivity contribution in [3.8, 4) is 11.1 Å². The van der Waals surface area contributed by atoms with E-state index in [1.54, 1.807) is 0 Å². The van der Waals surface area contributed by atoms with Crippen LogP contribution in [0, 0.1) is 6.92 Å². The number of rotatable bonds is 3. The molecule has 0 aliphatic carbocycles. The molecule has 1 saturated heterocycles. The number of allylic oxidation sites excluding steroid dienone is 1. The molecule has 3 heterocycles. The quantitative estimate of drug-likeness (QED) is 0.545. The van der Waals surface area contributed by atoms with Crippen LogP contribution >= 0.6 is 0 Å². The lowest BCUT2D eigenvalue weighted by molar-refractivity contribution is 0.378. The summed E-state index contributed by atoms with van der Waals surface area (Å²) < 4.78 is 0. The number of nitrogens with two attached hydrogens (primary N) is 1. The molecule has 2 aromatic carbocycles. The van der Waals surface area contributed by atoms with Crippen molar-refractivity contribution in [2.24, 2.45) is 0 Å². The van der Waals surface area contributed by atoms with E-state index >= 15 is 0 Å². The van der Waals surface area contributed by atoms with E-state index in [1.165, 1.54) is 16.8 Å². The summed E-state index contributed by atoms with van der Waals surface area (Å²) in [5.41, 5.74) is 13.6. The summed E-state index contributed by atoms with van der Waals surface area (Å²) in [5.74, 6) is 1.39. The summed E-state index contributed by atoms with van der Waals surface area (Å²) in [6.45, 7) is 8.01. The largest absolute Gasteiger partial charge is 0.382 e. The third-order valence-corrected chi connectivity index (χ3v) is 5.54. The van der Waals surface area contributed by atoms with E-state index in [4.69, 9.17) is 10.7 Å². The van der Waals surface area contributed by atoms with Gasteiger partial charge in [0.2, 0.25) is 0 Å². The molecule has 5 rings (SSSR count). The molecule has 1 aliphatic heterocycles. The summed E-state index contributed by atoms with van der Waals surface area (Å²) in [7, 11) is 0. The van der Waals surface area contributed by atoms with Crippen LogP contribution < -0.4 is 5.73 Å². The van der Waals surface area contributed by atoms with Gasteiger partial charge in [-0.25, -0.2) is 9.97 Å². The molecule has 0 unspecified atom stereocenters. The van der Waals surface area contributed by atoms with Crippen LogP contribution in [0.2, 0.25) is 0 Å². The average molecular weight is 369 g/mol. The molecule has 5 heteroatoms. The van der Waals surface area contributed by atoms with Gasteiger partial charge in [-0.15, -0.1) is 0 Å². The van der Waals surface area contributed by atoms with Crippen molar-refractivity contribution in [2.45, 2.75) is 26.3 Å². The highest BCUT2D eigenvalue weighted by molar-refractivity contribution is 6.07. The van der Waals surface area contributed by atoms with Gasteiger partial charge < -0.3 is 15.6 Å². The number of aryl methyl sites for hydroxylation is 1. The van der Waals surface area contributed by atoms with Crippen molar-refractivity contribution in [3.05, 3.63) is 66.1 Å². The maximum Gasteiger partial charge on any atom is 0.150 e. The lowest BCUT2D eigenvalue weighted by Crippen LogP contribution is -2.17. The fraction of sp³-hybridized carbons (Fsp3) is 0.217. The standard InChI is InChI=1S/C23H23N5/c1-14-5-3-7-16(11-14)17-8-9-18-19(12-17)25-23(24)22-21(18)26-20(27-22)13-28-10-4-6-15(28)2/h3,5,7-9,11-12H,2,4,6,10,13H2,1H3,(H2,24,25)(H,26,27). The minimum absolute atomic E-state index is 0.489. The van der Waals surface area contributed by atoms with Crippen molar-refractivity contribution in [2.75, 3.05) is 12.3 Å². The van der Waals surface area contributed by atoms with E-state index in [0.29, 0.717) is 5.82 Å². The zero-order valence-electron chi connectivity index (χ0n) is 16.0. The van der Waals surface area contributed by atoms with Gasteiger partial charge in [-0.3, -0.25) is 0 Å². The van der Waals surface area contributed by atoms with E-state index in [1.807, 2.05) is 0 Å². The predicted molar refractivity (Wildman–Crippen MR) is 115 cm³/mol. The SMILES string of the molecule is C=C1CCCN1Cc1nc2c([nH]1)c(N)nc1cc(-c3cccc(C)c3)ccc12. The summed E-state index contributed by atoms with van der Waals surface area (Å²) in [5, 5.41) is 1.02. The van der Waals surface area contributed by atoms with Crippen LogP contribution in [0.15, 0.2) is 54.7 Å². The zero-order valence-corrected chi connectivity index (χ0v) is 16.0. The molecular formula is C23H23N5. The second-order valence-corrected chi connectivity index (χ2v) is 7.60. The zero-order chi connectivity index (χ0) is 19.3. The Balaban J connectivity index is 1.60. The molecule has 2 aromatic heterocycles. The van der Waals surface area contributed by atoms with Gasteiger partial charge in [-0.1, -0.05) is 42.5 Å². The first-order valence-electron chi connectivity index (χ1n) is 9.66. The molecule has 0 amide bonds. The highest BCUT2D eigenvalue weighted by Gasteiger charge is 2.18. The number of aromatic amines is 1. The number of fused-ring (bicyclic) bond motifs is 3. The Morgan fingerprint density at radius 2 is 2.00 bits per heavy atom. The van der Waals surface area contributed by atoms with Crippen LogP contribution in [0.1, 0.15) is 24.2 Å². The van der Waals surface area contributed by atoms with E-state index in [2.05, 4.69) is 70.8 Å². The molecule has 1 aliphatic rings. The summed E-state index contributed by atoms with van der Waals surface area (Å²) in [4.78, 5) is 15.2. The number of aromatic nitrogens is 3. The van der Waals surface area contributed by atoms with Crippen LogP contribution in [0.25, 0.3) is 33.1 Å². The number of nitrogens with zero attached hydrogens (tertiary/aromatic N) is 3. The molecule has 0 saturated carbocycles. The lowest BCUT2D eigenvalue weighted by atomic mass is 10.0. The number of nitrogens with one attached hydrogen (secondary N) is 1. The smallest absolute Gasteiger partial charge is 0.150 e. The highest BCUT2D eigenvalue weighted by Crippen LogP contribution is 2.31. The van der Waals surface area contributed by atoms with E-state index in [-0.39, 0.29) is 0 Å². The maximum absolute atomic E-state index is 6.27. The number of nitrogen functional groups attached to an aromatic ring is 1. The minimum Gasteiger partial charge on any atom is -0.382 e. The normalized spacial score (nSPS) is 14.5. The van der Waals surface area contributed by atoms with Gasteiger partial charge in [0.15, 0.2) is 0 Å². The van der Waals surface area contributed by atoms with Gasteiger partial charge in [-0.05, 0) is 43.0 Å². The number of benzene rings is 2. The van der Waals surface area contributed by atoms with Gasteiger partial charge in [0, 0.05) is 17.6 Å². The molecule has 0 radical (unpaired) electrons. The predicted octanol–water partition coefficient (Wildman–Crippen LogP) is 4.78. The van der Waals surface area contributed by atoms with Crippen LogP contribution in [0.4, 0.5) is 5.82 Å². The first-order valence-corrected chi connectivity index (χ1v) is 9.66. The fourth-order valence-electron chi connectivity index (χ4n) is 4.05. The number of imidazole rings is 1. The number of H-pyrrole nitrogens is 1. The molecule has 5 nitrogen and oxygen atoms in total. The monoisotopic (exact) mass is 369 g/mol. The Labute approximate surface area is 163 Å². The van der Waals surface area contributed by atoms with Crippen molar-refractivity contribution in [3.63, 3.8) is 0 Å². The lowest BCUT2D eigenvalue weighted by Gasteiger charge is -2.16. The molecule has 0 bridgehead atoms. The molecule has 0 atom stereocenters. The van der Waals surface area contributed by atoms with Crippen molar-refractivity contribution in [1.29, 1.82) is 0 Å².